The second-order valence-electron chi connectivity index (χ2n) is 7.74. The van der Waals surface area contributed by atoms with Crippen LogP contribution in [0.25, 0.3) is 6.08 Å². The summed E-state index contributed by atoms with van der Waals surface area (Å²) in [6.07, 6.45) is 14.0. The van der Waals surface area contributed by atoms with E-state index in [1.54, 1.807) is 19.4 Å². The maximum atomic E-state index is 13.1. The molecule has 0 amide bonds. The number of nitrogens with zero attached hydrogens (tertiary/aromatic N) is 1. The molecule has 3 aliphatic rings. The quantitative estimate of drug-likeness (QED) is 0.779. The molecule has 3 aliphatic carbocycles. The van der Waals surface area contributed by atoms with Gasteiger partial charge in [-0.2, -0.15) is 0 Å². The van der Waals surface area contributed by atoms with E-state index in [1.165, 1.54) is 25.7 Å². The van der Waals surface area contributed by atoms with Gasteiger partial charge in [0.1, 0.15) is 0 Å². The molecule has 0 saturated heterocycles. The number of methoxy groups -OCH3 is 1. The Hall–Kier alpha value is -1.64. The average molecular weight is 311 g/mol. The van der Waals surface area contributed by atoms with Crippen LogP contribution in [0.4, 0.5) is 0 Å². The van der Waals surface area contributed by atoms with Gasteiger partial charge < -0.3 is 4.74 Å². The highest BCUT2D eigenvalue weighted by Gasteiger charge is 2.52. The van der Waals surface area contributed by atoms with Gasteiger partial charge in [0.15, 0.2) is 5.78 Å². The van der Waals surface area contributed by atoms with Crippen LogP contribution in [-0.4, -0.2) is 17.9 Å². The van der Waals surface area contributed by atoms with E-state index in [2.05, 4.69) is 4.98 Å². The van der Waals surface area contributed by atoms with E-state index in [4.69, 9.17) is 4.74 Å². The van der Waals surface area contributed by atoms with Gasteiger partial charge in [-0.05, 0) is 74.1 Å². The Balaban J connectivity index is 1.57. The fourth-order valence-corrected chi connectivity index (χ4v) is 5.52. The number of hydrogen-bond acceptors (Lipinski definition) is 3. The summed E-state index contributed by atoms with van der Waals surface area (Å²) in [4.78, 5) is 17.3. The third kappa shape index (κ3) is 2.60. The van der Waals surface area contributed by atoms with E-state index in [0.717, 1.165) is 42.6 Å². The molecule has 0 aliphatic heterocycles. The lowest BCUT2D eigenvalue weighted by Gasteiger charge is -2.38. The van der Waals surface area contributed by atoms with Crippen LogP contribution in [0.3, 0.4) is 0 Å². The molecule has 0 spiro atoms. The zero-order valence-corrected chi connectivity index (χ0v) is 13.8. The van der Waals surface area contributed by atoms with E-state index in [0.29, 0.717) is 11.7 Å². The summed E-state index contributed by atoms with van der Waals surface area (Å²) in [6, 6.07) is 3.82. The molecule has 1 heterocycles. The molecule has 3 heteroatoms. The van der Waals surface area contributed by atoms with Crippen molar-refractivity contribution in [1.29, 1.82) is 0 Å². The van der Waals surface area contributed by atoms with Crippen LogP contribution in [0, 0.1) is 23.2 Å². The number of carbonyl (C=O) groups excluding carboxylic acids is 1. The van der Waals surface area contributed by atoms with Gasteiger partial charge in [-0.3, -0.25) is 4.79 Å². The third-order valence-electron chi connectivity index (χ3n) is 6.43. The van der Waals surface area contributed by atoms with Gasteiger partial charge in [0.2, 0.25) is 5.88 Å². The lowest BCUT2D eigenvalue weighted by Crippen LogP contribution is -2.35. The Bertz CT molecular complexity index is 638. The van der Waals surface area contributed by atoms with Crippen molar-refractivity contribution in [2.75, 3.05) is 7.11 Å². The minimum Gasteiger partial charge on any atom is -0.481 e. The molecular weight excluding hydrogens is 286 g/mol. The molecule has 1 aromatic heterocycles. The van der Waals surface area contributed by atoms with E-state index in [9.17, 15) is 4.79 Å². The Kier molecular flexibility index (Phi) is 3.74. The van der Waals surface area contributed by atoms with Crippen LogP contribution >= 0.6 is 0 Å². The predicted octanol–water partition coefficient (Wildman–Crippen LogP) is 4.28. The molecule has 1 aromatic rings. The summed E-state index contributed by atoms with van der Waals surface area (Å²) in [6.45, 7) is 0. The van der Waals surface area contributed by atoms with E-state index < -0.39 is 0 Å². The SMILES string of the molecule is COc1ncccc1/C=C/C(=O)C12CCCC3CC(CC3C1)C2. The highest BCUT2D eigenvalue weighted by atomic mass is 16.5. The standard InChI is InChI=1S/C20H25NO2/c1-23-19-15(5-3-9-21-19)6-7-18(22)20-8-2-4-16-10-14(12-20)11-17(16)13-20/h3,5-7,9,14,16-17H,2,4,8,10-13H2,1H3/b7-6+. The topological polar surface area (TPSA) is 39.2 Å². The third-order valence-corrected chi connectivity index (χ3v) is 6.43. The van der Waals surface area contributed by atoms with Crippen LogP contribution in [0.2, 0.25) is 0 Å². The Labute approximate surface area is 138 Å². The summed E-state index contributed by atoms with van der Waals surface area (Å²) in [5.74, 6) is 3.42. The molecule has 3 bridgehead atoms. The van der Waals surface area contributed by atoms with Crippen molar-refractivity contribution < 1.29 is 9.53 Å². The number of carbonyl (C=O) groups is 1. The van der Waals surface area contributed by atoms with Gasteiger partial charge in [-0.25, -0.2) is 4.98 Å². The Morgan fingerprint density at radius 1 is 1.35 bits per heavy atom. The van der Waals surface area contributed by atoms with Crippen LogP contribution < -0.4 is 4.74 Å². The first-order valence-corrected chi connectivity index (χ1v) is 8.92. The number of pyridine rings is 1. The van der Waals surface area contributed by atoms with Crippen molar-refractivity contribution in [2.24, 2.45) is 23.2 Å². The predicted molar refractivity (Wildman–Crippen MR) is 90.1 cm³/mol. The normalized spacial score (nSPS) is 35.4. The Morgan fingerprint density at radius 3 is 3.09 bits per heavy atom. The maximum Gasteiger partial charge on any atom is 0.220 e. The molecular formula is C20H25NO2. The first-order valence-electron chi connectivity index (χ1n) is 8.92. The second-order valence-corrected chi connectivity index (χ2v) is 7.74. The van der Waals surface area contributed by atoms with Gasteiger partial charge >= 0.3 is 0 Å². The number of allylic oxidation sites excluding steroid dienone is 1. The molecule has 0 N–H and O–H groups in total. The van der Waals surface area contributed by atoms with Crippen molar-refractivity contribution in [3.05, 3.63) is 30.0 Å². The van der Waals surface area contributed by atoms with Gasteiger partial charge in [-0.15, -0.1) is 0 Å². The molecule has 4 rings (SSSR count). The fourth-order valence-electron chi connectivity index (χ4n) is 5.52. The largest absolute Gasteiger partial charge is 0.481 e. The van der Waals surface area contributed by atoms with Crippen molar-refractivity contribution in [1.82, 2.24) is 4.98 Å². The summed E-state index contributed by atoms with van der Waals surface area (Å²) in [5, 5.41) is 0. The monoisotopic (exact) mass is 311 g/mol. The number of ether oxygens (including phenoxy) is 1. The molecule has 23 heavy (non-hydrogen) atoms. The van der Waals surface area contributed by atoms with Crippen molar-refractivity contribution in [2.45, 2.75) is 44.9 Å². The number of aromatic nitrogens is 1. The number of fused-ring (bicyclic) bond motifs is 2. The van der Waals surface area contributed by atoms with Crippen LogP contribution in [0.1, 0.15) is 50.5 Å². The number of ketones is 1. The number of hydrogen-bond donors (Lipinski definition) is 0. The zero-order valence-electron chi connectivity index (χ0n) is 13.8. The number of rotatable bonds is 4. The summed E-state index contributed by atoms with van der Waals surface area (Å²) < 4.78 is 5.27. The molecule has 3 saturated carbocycles. The highest BCUT2D eigenvalue weighted by molar-refractivity contribution is 5.98. The van der Waals surface area contributed by atoms with Crippen molar-refractivity contribution in [3.63, 3.8) is 0 Å². The van der Waals surface area contributed by atoms with Crippen molar-refractivity contribution in [3.8, 4) is 5.88 Å². The lowest BCUT2D eigenvalue weighted by atomic mass is 9.65. The molecule has 3 fully saturated rings. The van der Waals surface area contributed by atoms with Gasteiger partial charge in [0.25, 0.3) is 0 Å². The summed E-state index contributed by atoms with van der Waals surface area (Å²) in [5.41, 5.74) is 0.801. The van der Waals surface area contributed by atoms with Crippen molar-refractivity contribution >= 4 is 11.9 Å². The maximum absolute atomic E-state index is 13.1. The fraction of sp³-hybridized carbons (Fsp3) is 0.600. The summed E-state index contributed by atoms with van der Waals surface area (Å²) >= 11 is 0. The second kappa shape index (κ2) is 5.77. The Morgan fingerprint density at radius 2 is 2.22 bits per heavy atom. The minimum atomic E-state index is -0.0786. The molecule has 0 radical (unpaired) electrons. The summed E-state index contributed by atoms with van der Waals surface area (Å²) in [7, 11) is 1.62. The molecule has 122 valence electrons. The van der Waals surface area contributed by atoms with Gasteiger partial charge in [-0.1, -0.05) is 12.8 Å². The smallest absolute Gasteiger partial charge is 0.220 e. The van der Waals surface area contributed by atoms with E-state index in [1.807, 2.05) is 18.2 Å². The zero-order chi connectivity index (χ0) is 15.9. The first-order chi connectivity index (χ1) is 11.2. The van der Waals surface area contributed by atoms with Crippen LogP contribution in [0.5, 0.6) is 5.88 Å². The van der Waals surface area contributed by atoms with Crippen LogP contribution in [0.15, 0.2) is 24.4 Å². The van der Waals surface area contributed by atoms with Crippen LogP contribution in [-0.2, 0) is 4.79 Å². The molecule has 4 unspecified atom stereocenters. The minimum absolute atomic E-state index is 0.0786. The van der Waals surface area contributed by atoms with E-state index in [-0.39, 0.29) is 5.41 Å². The lowest BCUT2D eigenvalue weighted by molar-refractivity contribution is -0.127. The molecule has 3 nitrogen and oxygen atoms in total. The highest BCUT2D eigenvalue weighted by Crippen LogP contribution is 2.59. The van der Waals surface area contributed by atoms with Gasteiger partial charge in [0, 0.05) is 17.2 Å². The average Bonchev–Trinajstić information content (AvgIpc) is 2.78. The molecule has 4 atom stereocenters. The first kappa shape index (κ1) is 14.9. The van der Waals surface area contributed by atoms with Gasteiger partial charge in [0.05, 0.1) is 7.11 Å². The van der Waals surface area contributed by atoms with E-state index >= 15 is 0 Å². The molecule has 0 aromatic carbocycles.